The second kappa shape index (κ2) is 7.46. The lowest BCUT2D eigenvalue weighted by molar-refractivity contribution is 0.330. The Morgan fingerprint density at radius 2 is 1.80 bits per heavy atom. The van der Waals surface area contributed by atoms with Gasteiger partial charge in [-0.2, -0.15) is 0 Å². The standard InChI is InChI=1S/C16H28N4/c1-4-10-17-15-11-16(19-12(3)18-15)20-14-8-6-13(5-2)7-9-14/h11,13-14H,4-10H2,1-3H3,(H2,17,18,19,20). The summed E-state index contributed by atoms with van der Waals surface area (Å²) < 4.78 is 0. The average molecular weight is 276 g/mol. The number of nitrogens with one attached hydrogen (secondary N) is 2. The lowest BCUT2D eigenvalue weighted by Crippen LogP contribution is -2.26. The van der Waals surface area contributed by atoms with E-state index in [1.807, 2.05) is 13.0 Å². The summed E-state index contributed by atoms with van der Waals surface area (Å²) in [5, 5.41) is 6.93. The smallest absolute Gasteiger partial charge is 0.132 e. The molecule has 1 aromatic heterocycles. The van der Waals surface area contributed by atoms with Crippen molar-refractivity contribution in [3.8, 4) is 0 Å². The molecule has 0 amide bonds. The Kier molecular flexibility index (Phi) is 5.62. The highest BCUT2D eigenvalue weighted by atomic mass is 15.1. The van der Waals surface area contributed by atoms with E-state index in [1.165, 1.54) is 32.1 Å². The van der Waals surface area contributed by atoms with Gasteiger partial charge >= 0.3 is 0 Å². The molecule has 4 nitrogen and oxygen atoms in total. The van der Waals surface area contributed by atoms with Gasteiger partial charge in [0.2, 0.25) is 0 Å². The van der Waals surface area contributed by atoms with Gasteiger partial charge < -0.3 is 10.6 Å². The van der Waals surface area contributed by atoms with E-state index in [0.29, 0.717) is 6.04 Å². The van der Waals surface area contributed by atoms with Crippen LogP contribution in [0.5, 0.6) is 0 Å². The van der Waals surface area contributed by atoms with Gasteiger partial charge in [-0.15, -0.1) is 0 Å². The summed E-state index contributed by atoms with van der Waals surface area (Å²) in [5.41, 5.74) is 0. The van der Waals surface area contributed by atoms with Crippen LogP contribution in [0.4, 0.5) is 11.6 Å². The van der Waals surface area contributed by atoms with E-state index in [-0.39, 0.29) is 0 Å². The Labute approximate surface area is 122 Å². The zero-order valence-electron chi connectivity index (χ0n) is 13.1. The van der Waals surface area contributed by atoms with Crippen molar-refractivity contribution >= 4 is 11.6 Å². The molecule has 1 aliphatic rings. The summed E-state index contributed by atoms with van der Waals surface area (Å²) in [4.78, 5) is 8.94. The third-order valence-corrected chi connectivity index (χ3v) is 4.17. The molecule has 2 rings (SSSR count). The highest BCUT2D eigenvalue weighted by Crippen LogP contribution is 2.28. The van der Waals surface area contributed by atoms with Crippen LogP contribution in [0.2, 0.25) is 0 Å². The number of aryl methyl sites for hydroxylation is 1. The molecule has 1 fully saturated rings. The van der Waals surface area contributed by atoms with Crippen LogP contribution in [0.15, 0.2) is 6.07 Å². The van der Waals surface area contributed by atoms with E-state index >= 15 is 0 Å². The molecule has 0 bridgehead atoms. The van der Waals surface area contributed by atoms with Crippen LogP contribution in [-0.4, -0.2) is 22.6 Å². The lowest BCUT2D eigenvalue weighted by Gasteiger charge is -2.28. The zero-order chi connectivity index (χ0) is 14.4. The first-order valence-electron chi connectivity index (χ1n) is 8.07. The second-order valence-corrected chi connectivity index (χ2v) is 5.88. The van der Waals surface area contributed by atoms with Crippen molar-refractivity contribution in [3.63, 3.8) is 0 Å². The van der Waals surface area contributed by atoms with Gasteiger partial charge in [-0.1, -0.05) is 20.3 Å². The topological polar surface area (TPSA) is 49.8 Å². The molecule has 1 heterocycles. The average Bonchev–Trinajstić information content (AvgIpc) is 2.45. The van der Waals surface area contributed by atoms with Gasteiger partial charge in [0.1, 0.15) is 17.5 Å². The third kappa shape index (κ3) is 4.36. The summed E-state index contributed by atoms with van der Waals surface area (Å²) in [6.45, 7) is 7.37. The van der Waals surface area contributed by atoms with Crippen LogP contribution < -0.4 is 10.6 Å². The Morgan fingerprint density at radius 1 is 1.10 bits per heavy atom. The minimum atomic E-state index is 0.575. The Morgan fingerprint density at radius 3 is 2.45 bits per heavy atom. The fourth-order valence-corrected chi connectivity index (χ4v) is 2.91. The highest BCUT2D eigenvalue weighted by molar-refractivity contribution is 5.48. The quantitative estimate of drug-likeness (QED) is 0.825. The van der Waals surface area contributed by atoms with E-state index in [2.05, 4.69) is 34.4 Å². The summed E-state index contributed by atoms with van der Waals surface area (Å²) in [6, 6.07) is 2.61. The van der Waals surface area contributed by atoms with Crippen LogP contribution in [0.1, 0.15) is 58.2 Å². The molecular weight excluding hydrogens is 248 g/mol. The van der Waals surface area contributed by atoms with E-state index in [4.69, 9.17) is 0 Å². The molecule has 0 atom stereocenters. The van der Waals surface area contributed by atoms with Crippen molar-refractivity contribution in [2.75, 3.05) is 17.2 Å². The number of aromatic nitrogens is 2. The fourth-order valence-electron chi connectivity index (χ4n) is 2.91. The molecule has 0 aromatic carbocycles. The summed E-state index contributed by atoms with van der Waals surface area (Å²) >= 11 is 0. The minimum Gasteiger partial charge on any atom is -0.370 e. The predicted octanol–water partition coefficient (Wildman–Crippen LogP) is 3.99. The first-order chi connectivity index (χ1) is 9.71. The van der Waals surface area contributed by atoms with Crippen molar-refractivity contribution in [1.82, 2.24) is 9.97 Å². The number of hydrogen-bond acceptors (Lipinski definition) is 4. The SMILES string of the molecule is CCCNc1cc(NC2CCC(CC)CC2)nc(C)n1. The van der Waals surface area contributed by atoms with Crippen molar-refractivity contribution in [2.24, 2.45) is 5.92 Å². The maximum Gasteiger partial charge on any atom is 0.132 e. The fraction of sp³-hybridized carbons (Fsp3) is 0.750. The van der Waals surface area contributed by atoms with Crippen LogP contribution >= 0.6 is 0 Å². The molecule has 0 saturated heterocycles. The molecule has 4 heteroatoms. The lowest BCUT2D eigenvalue weighted by atomic mass is 9.84. The molecule has 1 aliphatic carbocycles. The molecule has 0 spiro atoms. The molecule has 0 unspecified atom stereocenters. The molecule has 112 valence electrons. The first kappa shape index (κ1) is 15.1. The molecule has 2 N–H and O–H groups in total. The van der Waals surface area contributed by atoms with Gasteiger partial charge in [0.25, 0.3) is 0 Å². The number of nitrogens with zero attached hydrogens (tertiary/aromatic N) is 2. The van der Waals surface area contributed by atoms with E-state index in [0.717, 1.165) is 36.3 Å². The Balaban J connectivity index is 1.93. The Hall–Kier alpha value is -1.32. The Bertz CT molecular complexity index is 411. The van der Waals surface area contributed by atoms with E-state index in [9.17, 15) is 0 Å². The van der Waals surface area contributed by atoms with Crippen molar-refractivity contribution in [3.05, 3.63) is 11.9 Å². The normalized spacial score (nSPS) is 22.6. The number of hydrogen-bond donors (Lipinski definition) is 2. The van der Waals surface area contributed by atoms with Crippen LogP contribution in [-0.2, 0) is 0 Å². The highest BCUT2D eigenvalue weighted by Gasteiger charge is 2.20. The van der Waals surface area contributed by atoms with Gasteiger partial charge in [0.15, 0.2) is 0 Å². The maximum atomic E-state index is 4.51. The summed E-state index contributed by atoms with van der Waals surface area (Å²) in [6.07, 6.45) is 7.65. The molecule has 1 aromatic rings. The third-order valence-electron chi connectivity index (χ3n) is 4.17. The summed E-state index contributed by atoms with van der Waals surface area (Å²) in [5.74, 6) is 3.66. The van der Waals surface area contributed by atoms with E-state index < -0.39 is 0 Å². The molecule has 1 saturated carbocycles. The molecule has 0 radical (unpaired) electrons. The van der Waals surface area contributed by atoms with Gasteiger partial charge in [0, 0.05) is 18.7 Å². The van der Waals surface area contributed by atoms with E-state index in [1.54, 1.807) is 0 Å². The van der Waals surface area contributed by atoms with Crippen LogP contribution in [0.3, 0.4) is 0 Å². The van der Waals surface area contributed by atoms with Crippen molar-refractivity contribution in [2.45, 2.75) is 65.3 Å². The van der Waals surface area contributed by atoms with Gasteiger partial charge in [-0.3, -0.25) is 0 Å². The second-order valence-electron chi connectivity index (χ2n) is 5.88. The van der Waals surface area contributed by atoms with Gasteiger partial charge in [-0.05, 0) is 44.9 Å². The predicted molar refractivity (Wildman–Crippen MR) is 85.2 cm³/mol. The molecular formula is C16H28N4. The van der Waals surface area contributed by atoms with Crippen LogP contribution in [0.25, 0.3) is 0 Å². The van der Waals surface area contributed by atoms with Gasteiger partial charge in [-0.25, -0.2) is 9.97 Å². The zero-order valence-corrected chi connectivity index (χ0v) is 13.1. The van der Waals surface area contributed by atoms with Gasteiger partial charge in [0.05, 0.1) is 0 Å². The maximum absolute atomic E-state index is 4.51. The largest absolute Gasteiger partial charge is 0.370 e. The molecule has 0 aliphatic heterocycles. The van der Waals surface area contributed by atoms with Crippen molar-refractivity contribution in [1.29, 1.82) is 0 Å². The number of anilines is 2. The minimum absolute atomic E-state index is 0.575. The number of rotatable bonds is 6. The monoisotopic (exact) mass is 276 g/mol. The summed E-state index contributed by atoms with van der Waals surface area (Å²) in [7, 11) is 0. The molecule has 20 heavy (non-hydrogen) atoms. The van der Waals surface area contributed by atoms with Crippen molar-refractivity contribution < 1.29 is 0 Å². The van der Waals surface area contributed by atoms with Crippen LogP contribution in [0, 0.1) is 12.8 Å². The first-order valence-corrected chi connectivity index (χ1v) is 8.07.